The molecule has 0 bridgehead atoms. The summed E-state index contributed by atoms with van der Waals surface area (Å²) in [7, 11) is 1.75. The molecule has 0 saturated carbocycles. The molecule has 1 amide bonds. The number of hydrogen-bond acceptors (Lipinski definition) is 3. The van der Waals surface area contributed by atoms with Gasteiger partial charge in [0.1, 0.15) is 0 Å². The number of likely N-dealkylation sites (N-methyl/N-ethyl adjacent to an activating group) is 1. The number of carbonyl (C=O) groups is 2. The highest BCUT2D eigenvalue weighted by Crippen LogP contribution is 2.14. The summed E-state index contributed by atoms with van der Waals surface area (Å²) in [4.78, 5) is 22.3. The summed E-state index contributed by atoms with van der Waals surface area (Å²) in [6.07, 6.45) is 2.65. The number of aliphatic carboxylic acids is 1. The smallest absolute Gasteiger partial charge is 0.303 e. The zero-order valence-electron chi connectivity index (χ0n) is 11.9. The fourth-order valence-corrected chi connectivity index (χ4v) is 1.60. The first-order valence-corrected chi connectivity index (χ1v) is 6.52. The van der Waals surface area contributed by atoms with E-state index in [2.05, 4.69) is 10.6 Å². The molecule has 0 radical (unpaired) electrons. The zero-order valence-corrected chi connectivity index (χ0v) is 11.9. The quantitative estimate of drug-likeness (QED) is 0.584. The van der Waals surface area contributed by atoms with E-state index in [0.29, 0.717) is 18.9 Å². The zero-order chi connectivity index (χ0) is 14.2. The Morgan fingerprint density at radius 1 is 1.28 bits per heavy atom. The molecule has 0 aromatic heterocycles. The van der Waals surface area contributed by atoms with Gasteiger partial charge in [-0.2, -0.15) is 0 Å². The topological polar surface area (TPSA) is 78.4 Å². The maximum absolute atomic E-state index is 11.8. The summed E-state index contributed by atoms with van der Waals surface area (Å²) in [5.74, 6) is -0.425. The molecule has 0 aromatic rings. The molecule has 3 N–H and O–H groups in total. The lowest BCUT2D eigenvalue weighted by atomic mass is 9.96. The Kier molecular flexibility index (Phi) is 7.59. The lowest BCUT2D eigenvalue weighted by molar-refractivity contribution is -0.137. The van der Waals surface area contributed by atoms with E-state index in [1.165, 1.54) is 0 Å². The van der Waals surface area contributed by atoms with Gasteiger partial charge in [-0.25, -0.2) is 0 Å². The van der Waals surface area contributed by atoms with Crippen LogP contribution in [0.1, 0.15) is 46.5 Å². The Balaban J connectivity index is 3.93. The van der Waals surface area contributed by atoms with Crippen molar-refractivity contribution in [1.29, 1.82) is 0 Å². The summed E-state index contributed by atoms with van der Waals surface area (Å²) in [6, 6.07) is 0. The second-order valence-corrected chi connectivity index (χ2v) is 5.13. The number of carbonyl (C=O) groups excluding carboxylic acids is 1. The average Bonchev–Trinajstić information content (AvgIpc) is 2.32. The van der Waals surface area contributed by atoms with E-state index in [1.54, 1.807) is 7.05 Å². The molecule has 0 spiro atoms. The van der Waals surface area contributed by atoms with Crippen LogP contribution in [0.5, 0.6) is 0 Å². The minimum Gasteiger partial charge on any atom is -0.481 e. The first-order valence-electron chi connectivity index (χ1n) is 6.52. The van der Waals surface area contributed by atoms with Crippen LogP contribution in [0, 0.1) is 5.92 Å². The molecule has 5 heteroatoms. The summed E-state index contributed by atoms with van der Waals surface area (Å²) in [5.41, 5.74) is -0.567. The van der Waals surface area contributed by atoms with Crippen LogP contribution < -0.4 is 10.6 Å². The largest absolute Gasteiger partial charge is 0.481 e. The van der Waals surface area contributed by atoms with Crippen LogP contribution in [0.4, 0.5) is 0 Å². The molecular formula is C13H26N2O3. The van der Waals surface area contributed by atoms with Gasteiger partial charge in [0.05, 0.1) is 5.54 Å². The molecule has 0 aromatic carbocycles. The number of nitrogens with one attached hydrogen (secondary N) is 2. The van der Waals surface area contributed by atoms with E-state index in [9.17, 15) is 9.59 Å². The molecule has 106 valence electrons. The molecule has 1 unspecified atom stereocenters. The maximum atomic E-state index is 11.8. The standard InChI is InChI=1S/C13H26N2O3/c1-5-10(6-7-11(16)17)8-9-15-12(18)13(2,3)14-4/h10,14H,5-9H2,1-4H3,(H,15,18)(H,16,17). The molecule has 0 aliphatic heterocycles. The third-order valence-corrected chi connectivity index (χ3v) is 3.37. The van der Waals surface area contributed by atoms with Crippen molar-refractivity contribution in [3.8, 4) is 0 Å². The predicted molar refractivity (Wildman–Crippen MR) is 71.4 cm³/mol. The van der Waals surface area contributed by atoms with Crippen LogP contribution in [0.2, 0.25) is 0 Å². The highest BCUT2D eigenvalue weighted by Gasteiger charge is 2.24. The normalized spacial score (nSPS) is 13.1. The average molecular weight is 258 g/mol. The van der Waals surface area contributed by atoms with Crippen molar-refractivity contribution < 1.29 is 14.7 Å². The van der Waals surface area contributed by atoms with Gasteiger partial charge in [0.25, 0.3) is 0 Å². The lowest BCUT2D eigenvalue weighted by Crippen LogP contribution is -2.51. The predicted octanol–water partition coefficient (Wildman–Crippen LogP) is 1.38. The number of carboxylic acid groups (broad SMARTS) is 1. The van der Waals surface area contributed by atoms with Crippen LogP contribution in [-0.4, -0.2) is 36.1 Å². The molecule has 5 nitrogen and oxygen atoms in total. The number of amides is 1. The van der Waals surface area contributed by atoms with Crippen molar-refractivity contribution in [2.75, 3.05) is 13.6 Å². The van der Waals surface area contributed by atoms with Crippen molar-refractivity contribution in [1.82, 2.24) is 10.6 Å². The molecule has 0 heterocycles. The van der Waals surface area contributed by atoms with Gasteiger partial charge in [0, 0.05) is 13.0 Å². The molecule has 0 aliphatic carbocycles. The van der Waals surface area contributed by atoms with Gasteiger partial charge in [0.15, 0.2) is 0 Å². The number of carboxylic acids is 1. The van der Waals surface area contributed by atoms with Crippen LogP contribution in [-0.2, 0) is 9.59 Å². The van der Waals surface area contributed by atoms with E-state index in [1.807, 2.05) is 20.8 Å². The van der Waals surface area contributed by atoms with Crippen molar-refractivity contribution in [2.45, 2.75) is 52.0 Å². The highest BCUT2D eigenvalue weighted by molar-refractivity contribution is 5.85. The molecule has 0 aliphatic rings. The molecule has 0 saturated heterocycles. The first kappa shape index (κ1) is 16.9. The van der Waals surface area contributed by atoms with Gasteiger partial charge >= 0.3 is 5.97 Å². The van der Waals surface area contributed by atoms with Crippen LogP contribution >= 0.6 is 0 Å². The van der Waals surface area contributed by atoms with Gasteiger partial charge in [-0.1, -0.05) is 13.3 Å². The number of rotatable bonds is 9. The van der Waals surface area contributed by atoms with Gasteiger partial charge in [-0.05, 0) is 39.7 Å². The highest BCUT2D eigenvalue weighted by atomic mass is 16.4. The van der Waals surface area contributed by atoms with E-state index < -0.39 is 11.5 Å². The van der Waals surface area contributed by atoms with Gasteiger partial charge in [-0.15, -0.1) is 0 Å². The third-order valence-electron chi connectivity index (χ3n) is 3.37. The molecule has 0 fully saturated rings. The molecular weight excluding hydrogens is 232 g/mol. The van der Waals surface area contributed by atoms with E-state index in [-0.39, 0.29) is 12.3 Å². The second-order valence-electron chi connectivity index (χ2n) is 5.13. The van der Waals surface area contributed by atoms with Gasteiger partial charge < -0.3 is 15.7 Å². The summed E-state index contributed by atoms with van der Waals surface area (Å²) in [6.45, 7) is 6.29. The molecule has 0 rings (SSSR count). The summed E-state index contributed by atoms with van der Waals surface area (Å²) >= 11 is 0. The van der Waals surface area contributed by atoms with Crippen molar-refractivity contribution in [2.24, 2.45) is 5.92 Å². The Hall–Kier alpha value is -1.10. The Morgan fingerprint density at radius 3 is 2.33 bits per heavy atom. The van der Waals surface area contributed by atoms with Crippen LogP contribution in [0.25, 0.3) is 0 Å². The van der Waals surface area contributed by atoms with E-state index in [4.69, 9.17) is 5.11 Å². The summed E-state index contributed by atoms with van der Waals surface area (Å²) in [5, 5.41) is 14.5. The van der Waals surface area contributed by atoms with E-state index in [0.717, 1.165) is 12.8 Å². The monoisotopic (exact) mass is 258 g/mol. The van der Waals surface area contributed by atoms with Crippen LogP contribution in [0.15, 0.2) is 0 Å². The third kappa shape index (κ3) is 6.59. The Bertz CT molecular complexity index is 277. The molecule has 18 heavy (non-hydrogen) atoms. The SMILES string of the molecule is CCC(CCNC(=O)C(C)(C)NC)CCC(=O)O. The van der Waals surface area contributed by atoms with Crippen molar-refractivity contribution >= 4 is 11.9 Å². The lowest BCUT2D eigenvalue weighted by Gasteiger charge is -2.23. The number of hydrogen-bond donors (Lipinski definition) is 3. The van der Waals surface area contributed by atoms with E-state index >= 15 is 0 Å². The minimum absolute atomic E-state index is 0.0295. The van der Waals surface area contributed by atoms with Crippen molar-refractivity contribution in [3.05, 3.63) is 0 Å². The minimum atomic E-state index is -0.756. The first-order chi connectivity index (χ1) is 8.33. The van der Waals surface area contributed by atoms with Gasteiger partial charge in [-0.3, -0.25) is 9.59 Å². The van der Waals surface area contributed by atoms with Crippen LogP contribution in [0.3, 0.4) is 0 Å². The maximum Gasteiger partial charge on any atom is 0.303 e. The fraction of sp³-hybridized carbons (Fsp3) is 0.846. The van der Waals surface area contributed by atoms with Crippen molar-refractivity contribution in [3.63, 3.8) is 0 Å². The summed E-state index contributed by atoms with van der Waals surface area (Å²) < 4.78 is 0. The second kappa shape index (κ2) is 8.08. The fourth-order valence-electron chi connectivity index (χ4n) is 1.60. The molecule has 1 atom stereocenters. The Labute approximate surface area is 109 Å². The Morgan fingerprint density at radius 2 is 1.89 bits per heavy atom. The van der Waals surface area contributed by atoms with Gasteiger partial charge in [0.2, 0.25) is 5.91 Å².